The first-order chi connectivity index (χ1) is 18.4. The summed E-state index contributed by atoms with van der Waals surface area (Å²) in [6, 6.07) is 17.4. The largest absolute Gasteiger partial charge is 0.354 e. The molecule has 1 N–H and O–H groups in total. The standard InChI is InChI=1S/C29H33ClFN3O4S/c1-20(2)17-32-29(36)22(4)33(18-23-10-8-9-13-26(23)31)28(35)19-34(27-16-24(30)15-14-21(27)3)39(37,38)25-11-6-5-7-12-25/h5-16,20,22H,17-19H2,1-4H3,(H,32,36). The Morgan fingerprint density at radius 2 is 1.62 bits per heavy atom. The van der Waals surface area contributed by atoms with E-state index in [1.54, 1.807) is 43.3 Å². The Morgan fingerprint density at radius 1 is 0.974 bits per heavy atom. The molecule has 0 aromatic heterocycles. The Labute approximate surface area is 234 Å². The Bertz CT molecular complexity index is 1420. The third-order valence-corrected chi connectivity index (χ3v) is 8.21. The molecule has 0 saturated heterocycles. The van der Waals surface area contributed by atoms with Crippen molar-refractivity contribution in [1.29, 1.82) is 0 Å². The van der Waals surface area contributed by atoms with Crippen LogP contribution in [0.3, 0.4) is 0 Å². The lowest BCUT2D eigenvalue weighted by atomic mass is 10.1. The van der Waals surface area contributed by atoms with E-state index >= 15 is 0 Å². The van der Waals surface area contributed by atoms with Crippen molar-refractivity contribution in [3.05, 3.63) is 94.8 Å². The lowest BCUT2D eigenvalue weighted by molar-refractivity contribution is -0.139. The number of hydrogen-bond acceptors (Lipinski definition) is 4. The van der Waals surface area contributed by atoms with E-state index in [0.29, 0.717) is 17.1 Å². The zero-order valence-corrected chi connectivity index (χ0v) is 24.0. The second-order valence-corrected chi connectivity index (χ2v) is 12.0. The number of carbonyl (C=O) groups is 2. The van der Waals surface area contributed by atoms with Gasteiger partial charge in [0.15, 0.2) is 0 Å². The summed E-state index contributed by atoms with van der Waals surface area (Å²) in [5, 5.41) is 3.09. The topological polar surface area (TPSA) is 86.8 Å². The normalized spacial score (nSPS) is 12.2. The maximum atomic E-state index is 14.6. The number of sulfonamides is 1. The van der Waals surface area contributed by atoms with Crippen LogP contribution in [0.1, 0.15) is 31.9 Å². The molecule has 0 bridgehead atoms. The molecule has 7 nitrogen and oxygen atoms in total. The van der Waals surface area contributed by atoms with E-state index in [9.17, 15) is 22.4 Å². The van der Waals surface area contributed by atoms with Gasteiger partial charge in [0.05, 0.1) is 10.6 Å². The molecule has 0 aliphatic rings. The van der Waals surface area contributed by atoms with Crippen LogP contribution in [-0.4, -0.2) is 44.3 Å². The molecule has 0 aliphatic heterocycles. The van der Waals surface area contributed by atoms with Gasteiger partial charge in [-0.1, -0.05) is 67.9 Å². The van der Waals surface area contributed by atoms with Gasteiger partial charge in [-0.15, -0.1) is 0 Å². The summed E-state index contributed by atoms with van der Waals surface area (Å²) < 4.78 is 43.2. The Morgan fingerprint density at radius 3 is 2.26 bits per heavy atom. The molecule has 0 heterocycles. The van der Waals surface area contributed by atoms with Crippen LogP contribution in [0.2, 0.25) is 5.02 Å². The van der Waals surface area contributed by atoms with Crippen LogP contribution in [0.4, 0.5) is 10.1 Å². The minimum atomic E-state index is -4.22. The Kier molecular flexibility index (Phi) is 10.1. The second kappa shape index (κ2) is 13.1. The van der Waals surface area contributed by atoms with Crippen molar-refractivity contribution in [2.75, 3.05) is 17.4 Å². The number of nitrogens with zero attached hydrogens (tertiary/aromatic N) is 2. The number of hydrogen-bond donors (Lipinski definition) is 1. The highest BCUT2D eigenvalue weighted by molar-refractivity contribution is 7.92. The van der Waals surface area contributed by atoms with E-state index in [1.807, 2.05) is 13.8 Å². The molecule has 3 rings (SSSR count). The van der Waals surface area contributed by atoms with Crippen molar-refractivity contribution >= 4 is 39.1 Å². The van der Waals surface area contributed by atoms with Crippen LogP contribution in [0.5, 0.6) is 0 Å². The molecule has 2 amide bonds. The minimum Gasteiger partial charge on any atom is -0.354 e. The third kappa shape index (κ3) is 7.58. The minimum absolute atomic E-state index is 0.0134. The molecule has 10 heteroatoms. The fraction of sp³-hybridized carbons (Fsp3) is 0.310. The zero-order chi connectivity index (χ0) is 28.7. The molecular weight excluding hydrogens is 541 g/mol. The van der Waals surface area contributed by atoms with E-state index in [4.69, 9.17) is 11.6 Å². The maximum Gasteiger partial charge on any atom is 0.264 e. The van der Waals surface area contributed by atoms with Crippen LogP contribution in [0, 0.1) is 18.7 Å². The molecule has 0 spiro atoms. The summed E-state index contributed by atoms with van der Waals surface area (Å²) in [7, 11) is -4.22. The summed E-state index contributed by atoms with van der Waals surface area (Å²) >= 11 is 6.22. The van der Waals surface area contributed by atoms with Gasteiger partial charge < -0.3 is 10.2 Å². The van der Waals surface area contributed by atoms with Crippen molar-refractivity contribution in [1.82, 2.24) is 10.2 Å². The number of halogens is 2. The second-order valence-electron chi connectivity index (χ2n) is 9.68. The van der Waals surface area contributed by atoms with Gasteiger partial charge >= 0.3 is 0 Å². The van der Waals surface area contributed by atoms with Crippen molar-refractivity contribution in [2.45, 2.75) is 45.2 Å². The zero-order valence-electron chi connectivity index (χ0n) is 22.4. The molecule has 1 unspecified atom stereocenters. The first kappa shape index (κ1) is 30.1. The van der Waals surface area contributed by atoms with Crippen LogP contribution in [0.25, 0.3) is 0 Å². The van der Waals surface area contributed by atoms with Gasteiger partial charge in [0, 0.05) is 23.7 Å². The van der Waals surface area contributed by atoms with Crippen LogP contribution < -0.4 is 9.62 Å². The number of aryl methyl sites for hydroxylation is 1. The first-order valence-electron chi connectivity index (χ1n) is 12.6. The van der Waals surface area contributed by atoms with E-state index in [2.05, 4.69) is 5.32 Å². The summed E-state index contributed by atoms with van der Waals surface area (Å²) in [6.45, 7) is 6.66. The van der Waals surface area contributed by atoms with Crippen molar-refractivity contribution in [2.24, 2.45) is 5.92 Å². The predicted molar refractivity (Wildman–Crippen MR) is 151 cm³/mol. The highest BCUT2D eigenvalue weighted by atomic mass is 35.5. The fourth-order valence-corrected chi connectivity index (χ4v) is 5.59. The molecule has 1 atom stereocenters. The molecule has 39 heavy (non-hydrogen) atoms. The quantitative estimate of drug-likeness (QED) is 0.343. The summed E-state index contributed by atoms with van der Waals surface area (Å²) in [5.41, 5.74) is 1.00. The molecule has 0 radical (unpaired) electrons. The maximum absolute atomic E-state index is 14.6. The number of nitrogens with one attached hydrogen (secondary N) is 1. The van der Waals surface area contributed by atoms with E-state index in [1.165, 1.54) is 48.2 Å². The van der Waals surface area contributed by atoms with Crippen LogP contribution in [0.15, 0.2) is 77.7 Å². The van der Waals surface area contributed by atoms with Gasteiger partial charge in [-0.05, 0) is 55.7 Å². The highest BCUT2D eigenvalue weighted by Crippen LogP contribution is 2.30. The average Bonchev–Trinajstić information content (AvgIpc) is 2.91. The smallest absolute Gasteiger partial charge is 0.264 e. The van der Waals surface area contributed by atoms with E-state index < -0.39 is 40.2 Å². The molecule has 208 valence electrons. The predicted octanol–water partition coefficient (Wildman–Crippen LogP) is 5.17. The summed E-state index contributed by atoms with van der Waals surface area (Å²) in [5.74, 6) is -1.46. The number of rotatable bonds is 11. The fourth-order valence-electron chi connectivity index (χ4n) is 3.93. The van der Waals surface area contributed by atoms with Gasteiger partial charge in [-0.2, -0.15) is 0 Å². The first-order valence-corrected chi connectivity index (χ1v) is 14.4. The van der Waals surface area contributed by atoms with Crippen LogP contribution >= 0.6 is 11.6 Å². The van der Waals surface area contributed by atoms with Crippen molar-refractivity contribution < 1.29 is 22.4 Å². The third-order valence-electron chi connectivity index (χ3n) is 6.20. The van der Waals surface area contributed by atoms with Crippen molar-refractivity contribution in [3.63, 3.8) is 0 Å². The van der Waals surface area contributed by atoms with Crippen LogP contribution in [-0.2, 0) is 26.2 Å². The van der Waals surface area contributed by atoms with Gasteiger partial charge in [0.2, 0.25) is 11.8 Å². The van der Waals surface area contributed by atoms with E-state index in [0.717, 1.165) is 4.31 Å². The number of benzene rings is 3. The number of anilines is 1. The Hall–Kier alpha value is -3.43. The molecule has 0 fully saturated rings. The molecule has 3 aromatic rings. The number of amides is 2. The average molecular weight is 574 g/mol. The highest BCUT2D eigenvalue weighted by Gasteiger charge is 2.33. The Balaban J connectivity index is 2.05. The van der Waals surface area contributed by atoms with Crippen molar-refractivity contribution in [3.8, 4) is 0 Å². The lowest BCUT2D eigenvalue weighted by Crippen LogP contribution is -2.51. The molecule has 0 aliphatic carbocycles. The van der Waals surface area contributed by atoms with Gasteiger partial charge in [0.1, 0.15) is 18.4 Å². The molecule has 0 saturated carbocycles. The van der Waals surface area contributed by atoms with Gasteiger partial charge in [-0.3, -0.25) is 13.9 Å². The summed E-state index contributed by atoms with van der Waals surface area (Å²) in [6.07, 6.45) is 0. The van der Waals surface area contributed by atoms with Gasteiger partial charge in [0.25, 0.3) is 10.0 Å². The monoisotopic (exact) mass is 573 g/mol. The molecule has 3 aromatic carbocycles. The molecular formula is C29H33ClFN3O4S. The SMILES string of the molecule is Cc1ccc(Cl)cc1N(CC(=O)N(Cc1ccccc1F)C(C)C(=O)NCC(C)C)S(=O)(=O)c1ccccc1. The van der Waals surface area contributed by atoms with Gasteiger partial charge in [-0.25, -0.2) is 12.8 Å². The summed E-state index contributed by atoms with van der Waals surface area (Å²) in [4.78, 5) is 28.1. The lowest BCUT2D eigenvalue weighted by Gasteiger charge is -2.32. The van der Waals surface area contributed by atoms with E-state index in [-0.39, 0.29) is 28.6 Å². The number of carbonyl (C=O) groups excluding carboxylic acids is 2.